The molecule has 1 aromatic carbocycles. The van der Waals surface area contributed by atoms with E-state index in [2.05, 4.69) is 15.6 Å². The molecular formula is C15H17N3O. The van der Waals surface area contributed by atoms with Crippen molar-refractivity contribution in [1.29, 1.82) is 0 Å². The number of hydrogen-bond acceptors (Lipinski definition) is 3. The van der Waals surface area contributed by atoms with Crippen molar-refractivity contribution in [2.75, 3.05) is 0 Å². The van der Waals surface area contributed by atoms with Crippen LogP contribution in [-0.4, -0.2) is 9.55 Å². The van der Waals surface area contributed by atoms with Crippen LogP contribution >= 0.6 is 0 Å². The molecule has 0 bridgehead atoms. The van der Waals surface area contributed by atoms with Gasteiger partial charge in [0.25, 0.3) is 0 Å². The van der Waals surface area contributed by atoms with E-state index in [9.17, 15) is 0 Å². The van der Waals surface area contributed by atoms with Crippen molar-refractivity contribution in [2.45, 2.75) is 37.5 Å². The molecule has 1 saturated carbocycles. The van der Waals surface area contributed by atoms with Crippen LogP contribution in [0.1, 0.15) is 48.7 Å². The fourth-order valence-electron chi connectivity index (χ4n) is 2.86. The van der Waals surface area contributed by atoms with Crippen LogP contribution in [0.25, 0.3) is 0 Å². The highest BCUT2D eigenvalue weighted by atomic mass is 16.5. The van der Waals surface area contributed by atoms with Crippen molar-refractivity contribution in [3.05, 3.63) is 48.0 Å². The van der Waals surface area contributed by atoms with Gasteiger partial charge in [0.05, 0.1) is 18.2 Å². The van der Waals surface area contributed by atoms with Crippen LogP contribution in [0.15, 0.2) is 36.8 Å². The van der Waals surface area contributed by atoms with Crippen LogP contribution in [0.2, 0.25) is 0 Å². The Labute approximate surface area is 112 Å². The molecule has 4 heteroatoms. The zero-order valence-electron chi connectivity index (χ0n) is 10.7. The van der Waals surface area contributed by atoms with Gasteiger partial charge in [0.15, 0.2) is 0 Å². The predicted octanol–water partition coefficient (Wildman–Crippen LogP) is 2.74. The van der Waals surface area contributed by atoms with Gasteiger partial charge in [0.1, 0.15) is 11.9 Å². The zero-order valence-corrected chi connectivity index (χ0v) is 10.7. The van der Waals surface area contributed by atoms with Crippen LogP contribution in [0, 0.1) is 0 Å². The number of nitrogens with two attached hydrogens (primary N) is 1. The Morgan fingerprint density at radius 3 is 2.95 bits per heavy atom. The molecule has 1 fully saturated rings. The van der Waals surface area contributed by atoms with Crippen molar-refractivity contribution in [3.8, 4) is 5.75 Å². The normalized spacial score (nSPS) is 25.7. The van der Waals surface area contributed by atoms with Crippen LogP contribution in [0.5, 0.6) is 5.75 Å². The topological polar surface area (TPSA) is 53.1 Å². The summed E-state index contributed by atoms with van der Waals surface area (Å²) in [4.78, 5) is 4.28. The molecule has 0 amide bonds. The first-order chi connectivity index (χ1) is 9.33. The summed E-state index contributed by atoms with van der Waals surface area (Å²) in [5, 5.41) is 0. The Morgan fingerprint density at radius 2 is 2.11 bits per heavy atom. The van der Waals surface area contributed by atoms with Crippen LogP contribution in [0.4, 0.5) is 0 Å². The Balaban J connectivity index is 1.69. The van der Waals surface area contributed by atoms with Crippen LogP contribution < -0.4 is 10.5 Å². The van der Waals surface area contributed by atoms with Crippen molar-refractivity contribution < 1.29 is 4.74 Å². The summed E-state index contributed by atoms with van der Waals surface area (Å²) in [6, 6.07) is 8.71. The summed E-state index contributed by atoms with van der Waals surface area (Å²) in [5.74, 6) is 0.912. The molecule has 4 rings (SSSR count). The molecule has 2 aliphatic rings. The molecule has 0 spiro atoms. The van der Waals surface area contributed by atoms with E-state index < -0.39 is 0 Å². The summed E-state index contributed by atoms with van der Waals surface area (Å²) in [5.41, 5.74) is 8.54. The van der Waals surface area contributed by atoms with Gasteiger partial charge in [-0.2, -0.15) is 0 Å². The van der Waals surface area contributed by atoms with Gasteiger partial charge >= 0.3 is 0 Å². The highest BCUT2D eigenvalue weighted by Gasteiger charge is 2.32. The first-order valence-corrected chi connectivity index (χ1v) is 6.86. The van der Waals surface area contributed by atoms with Gasteiger partial charge in [0.2, 0.25) is 0 Å². The second-order valence-corrected chi connectivity index (χ2v) is 5.44. The Morgan fingerprint density at radius 1 is 1.26 bits per heavy atom. The summed E-state index contributed by atoms with van der Waals surface area (Å²) in [6.07, 6.45) is 7.17. The fourth-order valence-corrected chi connectivity index (χ4v) is 2.86. The number of rotatable bonds is 2. The molecule has 2 N–H and O–H groups in total. The first-order valence-electron chi connectivity index (χ1n) is 6.86. The van der Waals surface area contributed by atoms with Gasteiger partial charge in [0, 0.05) is 24.1 Å². The fraction of sp³-hybridized carbons (Fsp3) is 0.400. The zero-order chi connectivity index (χ0) is 12.8. The van der Waals surface area contributed by atoms with E-state index in [0.717, 1.165) is 23.4 Å². The first kappa shape index (κ1) is 11.1. The highest BCUT2D eigenvalue weighted by Crippen LogP contribution is 2.42. The van der Waals surface area contributed by atoms with Crippen molar-refractivity contribution in [3.63, 3.8) is 0 Å². The van der Waals surface area contributed by atoms with Gasteiger partial charge in [-0.1, -0.05) is 18.2 Å². The smallest absolute Gasteiger partial charge is 0.142 e. The summed E-state index contributed by atoms with van der Waals surface area (Å²) in [6.45, 7) is 0. The maximum Gasteiger partial charge on any atom is 0.142 e. The monoisotopic (exact) mass is 255 g/mol. The van der Waals surface area contributed by atoms with Crippen molar-refractivity contribution >= 4 is 0 Å². The summed E-state index contributed by atoms with van der Waals surface area (Å²) >= 11 is 0. The average molecular weight is 255 g/mol. The lowest BCUT2D eigenvalue weighted by atomic mass is 9.96. The predicted molar refractivity (Wildman–Crippen MR) is 71.9 cm³/mol. The lowest BCUT2D eigenvalue weighted by Gasteiger charge is -2.30. The number of aromatic nitrogens is 2. The maximum atomic E-state index is 6.27. The molecule has 2 heterocycles. The molecule has 0 saturated heterocycles. The highest BCUT2D eigenvalue weighted by molar-refractivity contribution is 5.38. The van der Waals surface area contributed by atoms with Gasteiger partial charge < -0.3 is 15.0 Å². The van der Waals surface area contributed by atoms with Crippen LogP contribution in [-0.2, 0) is 0 Å². The second kappa shape index (κ2) is 4.10. The second-order valence-electron chi connectivity index (χ2n) is 5.44. The molecule has 1 aliphatic heterocycles. The molecule has 2 aromatic rings. The van der Waals surface area contributed by atoms with E-state index in [4.69, 9.17) is 10.5 Å². The molecule has 98 valence electrons. The minimum atomic E-state index is 0.0213. The van der Waals surface area contributed by atoms with E-state index in [1.54, 1.807) is 0 Å². The molecule has 19 heavy (non-hydrogen) atoms. The van der Waals surface area contributed by atoms with Crippen molar-refractivity contribution in [1.82, 2.24) is 9.55 Å². The van der Waals surface area contributed by atoms with E-state index in [-0.39, 0.29) is 12.1 Å². The maximum absolute atomic E-state index is 6.27. The minimum absolute atomic E-state index is 0.0213. The standard InChI is InChI=1S/C15H17N3O/c16-12-7-15(19-14-4-2-1-3-11(12)14)13-8-17-9-18(13)10-5-6-10/h1-4,8-10,12,15H,5-7,16H2/t12-,15?/m1/s1. The largest absolute Gasteiger partial charge is 0.484 e. The van der Waals surface area contributed by atoms with E-state index in [0.29, 0.717) is 6.04 Å². The molecule has 1 aromatic heterocycles. The number of benzene rings is 1. The molecular weight excluding hydrogens is 238 g/mol. The van der Waals surface area contributed by atoms with E-state index in [1.165, 1.54) is 12.8 Å². The third-order valence-corrected chi connectivity index (χ3v) is 4.02. The minimum Gasteiger partial charge on any atom is -0.484 e. The summed E-state index contributed by atoms with van der Waals surface area (Å²) < 4.78 is 8.38. The van der Waals surface area contributed by atoms with E-state index in [1.807, 2.05) is 30.7 Å². The van der Waals surface area contributed by atoms with Gasteiger partial charge in [-0.05, 0) is 18.9 Å². The number of hydrogen-bond donors (Lipinski definition) is 1. The number of imidazole rings is 1. The lowest BCUT2D eigenvalue weighted by Crippen LogP contribution is -2.25. The average Bonchev–Trinajstić information content (AvgIpc) is 3.16. The molecule has 1 unspecified atom stereocenters. The van der Waals surface area contributed by atoms with E-state index >= 15 is 0 Å². The molecule has 1 aliphatic carbocycles. The molecule has 4 nitrogen and oxygen atoms in total. The van der Waals surface area contributed by atoms with Gasteiger partial charge in [-0.3, -0.25) is 0 Å². The number of ether oxygens (including phenoxy) is 1. The van der Waals surface area contributed by atoms with Gasteiger partial charge in [-0.25, -0.2) is 4.98 Å². The van der Waals surface area contributed by atoms with Gasteiger partial charge in [-0.15, -0.1) is 0 Å². The number of nitrogens with zero attached hydrogens (tertiary/aromatic N) is 2. The Hall–Kier alpha value is -1.81. The Bertz CT molecular complexity index is 603. The molecule has 2 atom stereocenters. The molecule has 0 radical (unpaired) electrons. The third kappa shape index (κ3) is 1.83. The Kier molecular flexibility index (Phi) is 2.38. The summed E-state index contributed by atoms with van der Waals surface area (Å²) in [7, 11) is 0. The quantitative estimate of drug-likeness (QED) is 0.897. The number of fused-ring (bicyclic) bond motifs is 1. The van der Waals surface area contributed by atoms with Crippen LogP contribution in [0.3, 0.4) is 0 Å². The SMILES string of the molecule is N[C@@H]1CC(c2cncn2C2CC2)Oc2ccccc21. The van der Waals surface area contributed by atoms with Crippen molar-refractivity contribution in [2.24, 2.45) is 5.73 Å². The third-order valence-electron chi connectivity index (χ3n) is 4.02. The lowest BCUT2D eigenvalue weighted by molar-refractivity contribution is 0.153. The number of para-hydroxylation sites is 1.